The van der Waals surface area contributed by atoms with Crippen molar-refractivity contribution in [2.45, 2.75) is 69.7 Å². The Morgan fingerprint density at radius 2 is 1.73 bits per heavy atom. The van der Waals surface area contributed by atoms with Crippen LogP contribution in [0.5, 0.6) is 0 Å². The van der Waals surface area contributed by atoms with Gasteiger partial charge in [0.1, 0.15) is 5.82 Å². The molecule has 0 saturated heterocycles. The number of amides is 2. The summed E-state index contributed by atoms with van der Waals surface area (Å²) in [6, 6.07) is 6.84. The fourth-order valence-corrected chi connectivity index (χ4v) is 7.09. The van der Waals surface area contributed by atoms with Gasteiger partial charge in [-0.2, -0.15) is 0 Å². The quantitative estimate of drug-likeness (QED) is 0.618. The number of nitrogens with one attached hydrogen (secondary N) is 2. The van der Waals surface area contributed by atoms with E-state index in [4.69, 9.17) is 4.99 Å². The molecule has 6 rings (SSSR count). The number of rotatable bonds is 7. The zero-order chi connectivity index (χ0) is 20.6. The molecule has 1 unspecified atom stereocenters. The monoisotopic (exact) mass is 411 g/mol. The average molecular weight is 412 g/mol. The van der Waals surface area contributed by atoms with Crippen molar-refractivity contribution in [1.29, 1.82) is 0 Å². The van der Waals surface area contributed by atoms with Crippen molar-refractivity contribution in [3.05, 3.63) is 35.6 Å². The number of nitrogens with zero attached hydrogens (tertiary/aromatic N) is 1. The van der Waals surface area contributed by atoms with Crippen molar-refractivity contribution in [3.8, 4) is 0 Å². The molecule has 0 spiro atoms. The zero-order valence-electron chi connectivity index (χ0n) is 17.8. The maximum absolute atomic E-state index is 13.1. The Labute approximate surface area is 179 Å². The first-order valence-electron chi connectivity index (χ1n) is 11.9. The molecular weight excluding hydrogens is 377 g/mol. The summed E-state index contributed by atoms with van der Waals surface area (Å²) < 4.78 is 13.1. The highest BCUT2D eigenvalue weighted by Gasteiger charge is 2.51. The van der Waals surface area contributed by atoms with Crippen LogP contribution >= 0.6 is 0 Å². The van der Waals surface area contributed by atoms with Gasteiger partial charge in [-0.05, 0) is 99.7 Å². The molecule has 5 heteroatoms. The van der Waals surface area contributed by atoms with Gasteiger partial charge < -0.3 is 10.6 Å². The number of hydrogen-bond donors (Lipinski definition) is 2. The molecule has 1 atom stereocenters. The average Bonchev–Trinajstić information content (AvgIpc) is 3.12. The molecule has 162 valence electrons. The van der Waals surface area contributed by atoms with Crippen molar-refractivity contribution in [2.24, 2.45) is 28.7 Å². The van der Waals surface area contributed by atoms with Gasteiger partial charge in [-0.15, -0.1) is 0 Å². The van der Waals surface area contributed by atoms with Gasteiger partial charge in [0.05, 0.1) is 0 Å². The second-order valence-corrected chi connectivity index (χ2v) is 10.4. The second kappa shape index (κ2) is 8.32. The molecule has 1 aromatic rings. The Hall–Kier alpha value is -1.91. The van der Waals surface area contributed by atoms with E-state index >= 15 is 0 Å². The van der Waals surface area contributed by atoms with E-state index in [1.165, 1.54) is 61.9 Å². The van der Waals surface area contributed by atoms with Crippen LogP contribution in [0, 0.1) is 29.5 Å². The van der Waals surface area contributed by atoms with Crippen LogP contribution in [0.2, 0.25) is 0 Å². The molecule has 4 saturated carbocycles. The lowest BCUT2D eigenvalue weighted by Gasteiger charge is -2.56. The van der Waals surface area contributed by atoms with Crippen LogP contribution in [0.1, 0.15) is 63.4 Å². The third-order valence-electron chi connectivity index (χ3n) is 7.97. The number of urea groups is 1. The van der Waals surface area contributed by atoms with Crippen LogP contribution in [0.15, 0.2) is 29.3 Å². The van der Waals surface area contributed by atoms with Crippen molar-refractivity contribution in [1.82, 2.24) is 10.6 Å². The summed E-state index contributed by atoms with van der Waals surface area (Å²) in [5.41, 5.74) is 2.51. The minimum Gasteiger partial charge on any atom is -0.338 e. The topological polar surface area (TPSA) is 53.5 Å². The standard InChI is InChI=1S/C25H34FN3O/c26-22-5-3-17(4-6-22)13-21-7-9-27-23(21)2-1-8-28-24(30)29-25-14-18-10-19(15-25)12-20(11-18)16-25/h3-6,18-21H,1-2,7-16H2,(H2,28,29,30). The van der Waals surface area contributed by atoms with E-state index in [1.54, 1.807) is 0 Å². The molecule has 4 fully saturated rings. The Morgan fingerprint density at radius 1 is 1.07 bits per heavy atom. The summed E-state index contributed by atoms with van der Waals surface area (Å²) in [4.78, 5) is 17.3. The van der Waals surface area contributed by atoms with Gasteiger partial charge in [-0.1, -0.05) is 12.1 Å². The summed E-state index contributed by atoms with van der Waals surface area (Å²) in [6.45, 7) is 1.58. The third-order valence-corrected chi connectivity index (χ3v) is 7.97. The van der Waals surface area contributed by atoms with Gasteiger partial charge in [0, 0.05) is 30.3 Å². The Balaban J connectivity index is 1.05. The smallest absolute Gasteiger partial charge is 0.315 e. The van der Waals surface area contributed by atoms with Crippen LogP contribution in [0.3, 0.4) is 0 Å². The normalized spacial score (nSPS) is 34.1. The molecule has 4 aliphatic carbocycles. The molecule has 1 aromatic carbocycles. The molecule has 0 radical (unpaired) electrons. The molecule has 5 aliphatic rings. The van der Waals surface area contributed by atoms with E-state index in [0.717, 1.165) is 50.0 Å². The lowest BCUT2D eigenvalue weighted by molar-refractivity contribution is -0.0135. The molecule has 1 aliphatic heterocycles. The van der Waals surface area contributed by atoms with Crippen molar-refractivity contribution in [3.63, 3.8) is 0 Å². The maximum Gasteiger partial charge on any atom is 0.315 e. The summed E-state index contributed by atoms with van der Waals surface area (Å²) in [5, 5.41) is 6.49. The van der Waals surface area contributed by atoms with Crippen LogP contribution in [-0.2, 0) is 6.42 Å². The molecule has 30 heavy (non-hydrogen) atoms. The largest absolute Gasteiger partial charge is 0.338 e. The highest BCUT2D eigenvalue weighted by Crippen LogP contribution is 2.55. The Bertz CT molecular complexity index is 768. The van der Waals surface area contributed by atoms with Crippen molar-refractivity contribution in [2.75, 3.05) is 13.1 Å². The number of benzene rings is 1. The van der Waals surface area contributed by atoms with E-state index in [1.807, 2.05) is 12.1 Å². The highest BCUT2D eigenvalue weighted by atomic mass is 19.1. The van der Waals surface area contributed by atoms with Crippen LogP contribution in [0.4, 0.5) is 9.18 Å². The Morgan fingerprint density at radius 3 is 2.40 bits per heavy atom. The van der Waals surface area contributed by atoms with Gasteiger partial charge in [-0.3, -0.25) is 4.99 Å². The third kappa shape index (κ3) is 4.40. The molecule has 0 aromatic heterocycles. The number of carbonyl (C=O) groups is 1. The first kappa shape index (κ1) is 20.0. The first-order valence-corrected chi connectivity index (χ1v) is 11.9. The second-order valence-electron chi connectivity index (χ2n) is 10.4. The van der Waals surface area contributed by atoms with Crippen LogP contribution in [-0.4, -0.2) is 30.4 Å². The van der Waals surface area contributed by atoms with Gasteiger partial charge in [-0.25, -0.2) is 9.18 Å². The lowest BCUT2D eigenvalue weighted by Crippen LogP contribution is -2.61. The number of carbonyl (C=O) groups excluding carboxylic acids is 1. The van der Waals surface area contributed by atoms with Crippen LogP contribution < -0.4 is 10.6 Å². The molecule has 2 N–H and O–H groups in total. The fourth-order valence-electron chi connectivity index (χ4n) is 7.09. The number of hydrogen-bond acceptors (Lipinski definition) is 2. The summed E-state index contributed by atoms with van der Waals surface area (Å²) in [6.07, 6.45) is 11.6. The predicted molar refractivity (Wildman–Crippen MR) is 117 cm³/mol. The fraction of sp³-hybridized carbons (Fsp3) is 0.680. The minimum absolute atomic E-state index is 0.0215. The van der Waals surface area contributed by atoms with E-state index in [-0.39, 0.29) is 17.4 Å². The minimum atomic E-state index is -0.183. The van der Waals surface area contributed by atoms with Gasteiger partial charge in [0.15, 0.2) is 0 Å². The molecule has 2 amide bonds. The van der Waals surface area contributed by atoms with Crippen molar-refractivity contribution >= 4 is 11.7 Å². The first-order chi connectivity index (χ1) is 14.6. The Kier molecular flexibility index (Phi) is 5.55. The molecular formula is C25H34FN3O. The SMILES string of the molecule is O=C(NCCCC1=NCCC1Cc1ccc(F)cc1)NC12CC3CC(CC(C3)C1)C2. The lowest BCUT2D eigenvalue weighted by atomic mass is 9.53. The van der Waals surface area contributed by atoms with Gasteiger partial charge in [0.25, 0.3) is 0 Å². The molecule has 4 bridgehead atoms. The molecule has 4 nitrogen and oxygen atoms in total. The van der Waals surface area contributed by atoms with E-state index in [2.05, 4.69) is 10.6 Å². The van der Waals surface area contributed by atoms with E-state index < -0.39 is 0 Å². The zero-order valence-corrected chi connectivity index (χ0v) is 17.8. The summed E-state index contributed by atoms with van der Waals surface area (Å²) >= 11 is 0. The number of aliphatic imine (C=N–C) groups is 1. The maximum atomic E-state index is 13.1. The molecule has 1 heterocycles. The number of halogens is 1. The summed E-state index contributed by atoms with van der Waals surface area (Å²) in [7, 11) is 0. The van der Waals surface area contributed by atoms with Gasteiger partial charge >= 0.3 is 6.03 Å². The summed E-state index contributed by atoms with van der Waals surface area (Å²) in [5.74, 6) is 2.80. The highest BCUT2D eigenvalue weighted by molar-refractivity contribution is 5.88. The van der Waals surface area contributed by atoms with E-state index in [9.17, 15) is 9.18 Å². The van der Waals surface area contributed by atoms with E-state index in [0.29, 0.717) is 12.5 Å². The predicted octanol–water partition coefficient (Wildman–Crippen LogP) is 4.88. The van der Waals surface area contributed by atoms with Gasteiger partial charge in [0.2, 0.25) is 0 Å². The van der Waals surface area contributed by atoms with Crippen molar-refractivity contribution < 1.29 is 9.18 Å². The van der Waals surface area contributed by atoms with Crippen LogP contribution in [0.25, 0.3) is 0 Å².